The minimum atomic E-state index is -0.617. The summed E-state index contributed by atoms with van der Waals surface area (Å²) in [6, 6.07) is 6.55. The lowest BCUT2D eigenvalue weighted by Crippen LogP contribution is -2.40. The molecule has 7 heteroatoms. The molecule has 1 rings (SSSR count). The molecule has 2 N–H and O–H groups in total. The van der Waals surface area contributed by atoms with Gasteiger partial charge in [0.05, 0.1) is 6.04 Å². The second-order valence-corrected chi connectivity index (χ2v) is 6.33. The highest BCUT2D eigenvalue weighted by molar-refractivity contribution is 6.31. The Bertz CT molecular complexity index is 530. The fraction of sp³-hybridized carbons (Fsp3) is 0.467. The Kier molecular flexibility index (Phi) is 6.97. The third-order valence-corrected chi connectivity index (χ3v) is 3.18. The largest absolute Gasteiger partial charge is 0.444 e. The maximum absolute atomic E-state index is 12.0. The summed E-state index contributed by atoms with van der Waals surface area (Å²) < 4.78 is 5.23. The molecule has 0 fully saturated rings. The van der Waals surface area contributed by atoms with Crippen LogP contribution in [-0.4, -0.2) is 30.0 Å². The van der Waals surface area contributed by atoms with E-state index in [1.165, 1.54) is 0 Å². The molecule has 1 atom stereocenters. The van der Waals surface area contributed by atoms with Crippen LogP contribution >= 0.6 is 23.2 Å². The lowest BCUT2D eigenvalue weighted by molar-refractivity contribution is -0.118. The number of amides is 2. The summed E-state index contributed by atoms with van der Waals surface area (Å²) in [5.41, 5.74) is 0.0685. The third-order valence-electron chi connectivity index (χ3n) is 2.60. The van der Waals surface area contributed by atoms with Crippen LogP contribution in [0.25, 0.3) is 0 Å². The van der Waals surface area contributed by atoms with Crippen molar-refractivity contribution in [3.05, 3.63) is 34.9 Å². The Morgan fingerprint density at radius 1 is 1.27 bits per heavy atom. The number of hydrogen-bond donors (Lipinski definition) is 2. The molecule has 1 unspecified atom stereocenters. The first-order valence-corrected chi connectivity index (χ1v) is 7.71. The Morgan fingerprint density at radius 2 is 1.91 bits per heavy atom. The summed E-state index contributed by atoms with van der Waals surface area (Å²) in [6.07, 6.45) is -0.586. The zero-order valence-electron chi connectivity index (χ0n) is 12.8. The molecule has 0 saturated heterocycles. The summed E-state index contributed by atoms with van der Waals surface area (Å²) in [5.74, 6) is -0.480. The Labute approximate surface area is 140 Å². The van der Waals surface area contributed by atoms with Gasteiger partial charge in [-0.25, -0.2) is 4.79 Å². The number of alkyl halides is 1. The molecule has 0 radical (unpaired) electrons. The van der Waals surface area contributed by atoms with Crippen molar-refractivity contribution >= 4 is 35.2 Å². The van der Waals surface area contributed by atoms with Crippen LogP contribution in [0.2, 0.25) is 5.02 Å². The van der Waals surface area contributed by atoms with Crippen molar-refractivity contribution in [3.8, 4) is 0 Å². The number of carbonyl (C=O) groups is 2. The predicted molar refractivity (Wildman–Crippen MR) is 87.3 cm³/mol. The van der Waals surface area contributed by atoms with Gasteiger partial charge in [0, 0.05) is 11.6 Å². The third kappa shape index (κ3) is 6.54. The number of ether oxygens (including phenoxy) is 1. The lowest BCUT2D eigenvalue weighted by Gasteiger charge is -2.24. The van der Waals surface area contributed by atoms with Crippen molar-refractivity contribution < 1.29 is 14.3 Å². The van der Waals surface area contributed by atoms with Crippen LogP contribution in [0.4, 0.5) is 4.79 Å². The van der Waals surface area contributed by atoms with E-state index >= 15 is 0 Å². The molecule has 1 aromatic carbocycles. The Morgan fingerprint density at radius 3 is 2.45 bits per heavy atom. The Balaban J connectivity index is 2.85. The van der Waals surface area contributed by atoms with E-state index in [9.17, 15) is 9.59 Å². The molecule has 0 aliphatic heterocycles. The first-order valence-electron chi connectivity index (χ1n) is 6.79. The first kappa shape index (κ1) is 18.6. The van der Waals surface area contributed by atoms with Gasteiger partial charge in [-0.2, -0.15) is 0 Å². The van der Waals surface area contributed by atoms with Crippen molar-refractivity contribution in [2.24, 2.45) is 0 Å². The summed E-state index contributed by atoms with van der Waals surface area (Å²) >= 11 is 11.6. The average molecular weight is 347 g/mol. The van der Waals surface area contributed by atoms with Gasteiger partial charge in [0.25, 0.3) is 0 Å². The van der Waals surface area contributed by atoms with E-state index in [1.54, 1.807) is 45.0 Å². The molecule has 2 amide bonds. The lowest BCUT2D eigenvalue weighted by atomic mass is 10.1. The standard InChI is InChI=1S/C15H20Cl2N2O3/c1-15(2,3)22-14(21)19-12(9-18-13(20)8-16)10-6-4-5-7-11(10)17/h4-7,12H,8-9H2,1-3H3,(H,18,20)(H,19,21). The zero-order chi connectivity index (χ0) is 16.8. The van der Waals surface area contributed by atoms with Crippen LogP contribution in [0.3, 0.4) is 0 Å². The molecule has 0 saturated carbocycles. The maximum Gasteiger partial charge on any atom is 0.408 e. The van der Waals surface area contributed by atoms with Crippen molar-refractivity contribution in [1.82, 2.24) is 10.6 Å². The second kappa shape index (κ2) is 8.25. The number of carbonyl (C=O) groups excluding carboxylic acids is 2. The van der Waals surface area contributed by atoms with Crippen LogP contribution in [0.5, 0.6) is 0 Å². The van der Waals surface area contributed by atoms with Gasteiger partial charge in [-0.1, -0.05) is 29.8 Å². The fourth-order valence-electron chi connectivity index (χ4n) is 1.71. The molecule has 0 aliphatic rings. The molecular formula is C15H20Cl2N2O3. The predicted octanol–water partition coefficient (Wildman–Crippen LogP) is 3.26. The van der Waals surface area contributed by atoms with Crippen LogP contribution in [-0.2, 0) is 9.53 Å². The second-order valence-electron chi connectivity index (χ2n) is 5.66. The van der Waals surface area contributed by atoms with Crippen molar-refractivity contribution in [1.29, 1.82) is 0 Å². The maximum atomic E-state index is 12.0. The topological polar surface area (TPSA) is 67.4 Å². The molecule has 0 aliphatic carbocycles. The van der Waals surface area contributed by atoms with Gasteiger partial charge in [0.1, 0.15) is 11.5 Å². The number of hydrogen-bond acceptors (Lipinski definition) is 3. The van der Waals surface area contributed by atoms with E-state index in [1.807, 2.05) is 0 Å². The summed E-state index contributed by atoms with van der Waals surface area (Å²) in [6.45, 7) is 5.47. The molecule has 0 spiro atoms. The highest BCUT2D eigenvalue weighted by Crippen LogP contribution is 2.22. The monoisotopic (exact) mass is 346 g/mol. The van der Waals surface area contributed by atoms with E-state index in [0.29, 0.717) is 10.6 Å². The minimum absolute atomic E-state index is 0.151. The fourth-order valence-corrected chi connectivity index (χ4v) is 2.07. The molecule has 0 heterocycles. The van der Waals surface area contributed by atoms with E-state index in [0.717, 1.165) is 0 Å². The average Bonchev–Trinajstić information content (AvgIpc) is 2.41. The molecule has 5 nitrogen and oxygen atoms in total. The smallest absolute Gasteiger partial charge is 0.408 e. The summed E-state index contributed by atoms with van der Waals surface area (Å²) in [5, 5.41) is 5.82. The SMILES string of the molecule is CC(C)(C)OC(=O)NC(CNC(=O)CCl)c1ccccc1Cl. The summed E-state index contributed by atoms with van der Waals surface area (Å²) in [4.78, 5) is 23.3. The zero-order valence-corrected chi connectivity index (χ0v) is 14.3. The molecular weight excluding hydrogens is 327 g/mol. The highest BCUT2D eigenvalue weighted by atomic mass is 35.5. The number of rotatable bonds is 5. The first-order chi connectivity index (χ1) is 10.2. The van der Waals surface area contributed by atoms with Crippen molar-refractivity contribution in [2.45, 2.75) is 32.4 Å². The molecule has 0 bridgehead atoms. The van der Waals surface area contributed by atoms with Crippen LogP contribution < -0.4 is 10.6 Å². The molecule has 22 heavy (non-hydrogen) atoms. The Hall–Kier alpha value is -1.46. The van der Waals surface area contributed by atoms with Gasteiger partial charge in [0.15, 0.2) is 0 Å². The molecule has 122 valence electrons. The van der Waals surface area contributed by atoms with E-state index in [2.05, 4.69) is 10.6 Å². The van der Waals surface area contributed by atoms with Gasteiger partial charge in [-0.05, 0) is 32.4 Å². The normalized spacial score (nSPS) is 12.4. The van der Waals surface area contributed by atoms with Crippen LogP contribution in [0.1, 0.15) is 32.4 Å². The molecule has 0 aromatic heterocycles. The number of benzene rings is 1. The van der Waals surface area contributed by atoms with E-state index in [-0.39, 0.29) is 18.3 Å². The van der Waals surface area contributed by atoms with Crippen LogP contribution in [0, 0.1) is 0 Å². The van der Waals surface area contributed by atoms with Gasteiger partial charge >= 0.3 is 6.09 Å². The number of alkyl carbamates (subject to hydrolysis) is 1. The van der Waals surface area contributed by atoms with E-state index < -0.39 is 17.7 Å². The summed E-state index contributed by atoms with van der Waals surface area (Å²) in [7, 11) is 0. The van der Waals surface area contributed by atoms with Gasteiger partial charge < -0.3 is 15.4 Å². The number of halogens is 2. The van der Waals surface area contributed by atoms with Crippen molar-refractivity contribution in [2.75, 3.05) is 12.4 Å². The quantitative estimate of drug-likeness (QED) is 0.804. The van der Waals surface area contributed by atoms with Gasteiger partial charge in [-0.15, -0.1) is 11.6 Å². The van der Waals surface area contributed by atoms with Crippen LogP contribution in [0.15, 0.2) is 24.3 Å². The van der Waals surface area contributed by atoms with Gasteiger partial charge in [0.2, 0.25) is 5.91 Å². The minimum Gasteiger partial charge on any atom is -0.444 e. The number of nitrogens with one attached hydrogen (secondary N) is 2. The van der Waals surface area contributed by atoms with Crippen molar-refractivity contribution in [3.63, 3.8) is 0 Å². The highest BCUT2D eigenvalue weighted by Gasteiger charge is 2.22. The van der Waals surface area contributed by atoms with E-state index in [4.69, 9.17) is 27.9 Å². The molecule has 1 aromatic rings. The van der Waals surface area contributed by atoms with Gasteiger partial charge in [-0.3, -0.25) is 4.79 Å².